The fourth-order valence-corrected chi connectivity index (χ4v) is 2.20. The van der Waals surface area contributed by atoms with E-state index in [2.05, 4.69) is 15.0 Å². The van der Waals surface area contributed by atoms with Crippen LogP contribution in [0.3, 0.4) is 0 Å². The first-order valence-electron chi connectivity index (χ1n) is 5.28. The van der Waals surface area contributed by atoms with E-state index in [1.165, 1.54) is 0 Å². The number of aromatic nitrogens is 2. The highest BCUT2D eigenvalue weighted by Gasteiger charge is 2.33. The molecule has 1 aliphatic rings. The van der Waals surface area contributed by atoms with Crippen LogP contribution < -0.4 is 0 Å². The van der Waals surface area contributed by atoms with E-state index in [4.69, 9.17) is 45.8 Å². The molecule has 0 atom stereocenters. The molecule has 1 heterocycles. The maximum absolute atomic E-state index is 6.97. The van der Waals surface area contributed by atoms with Crippen LogP contribution in [0.5, 0.6) is 0 Å². The van der Waals surface area contributed by atoms with Gasteiger partial charge >= 0.3 is 0 Å². The van der Waals surface area contributed by atoms with E-state index in [1.54, 1.807) is 0 Å². The second kappa shape index (κ2) is 5.01. The number of hydrogen-bond donors (Lipinski definition) is 0. The lowest BCUT2D eigenvalue weighted by atomic mass is 9.86. The number of alkyl halides is 3. The van der Waals surface area contributed by atoms with Crippen molar-refractivity contribution in [2.75, 3.05) is 0 Å². The Kier molecular flexibility index (Phi) is 3.82. The van der Waals surface area contributed by atoms with Crippen LogP contribution in [0, 0.1) is 6.57 Å². The fraction of sp³-hybridized carbons (Fsp3) is 0.700. The first-order valence-corrected chi connectivity index (χ1v) is 6.41. The lowest BCUT2D eigenvalue weighted by Gasteiger charge is -2.19. The summed E-state index contributed by atoms with van der Waals surface area (Å²) in [5.74, 6) is 0.696. The number of halogens is 3. The highest BCUT2D eigenvalue weighted by atomic mass is 35.6. The Morgan fingerprint density at radius 3 is 2.29 bits per heavy atom. The second-order valence-corrected chi connectivity index (χ2v) is 6.36. The summed E-state index contributed by atoms with van der Waals surface area (Å²) in [7, 11) is 0. The SMILES string of the molecule is [C-]#[N+]C1CCC(c2nnc(C(Cl)(Cl)Cl)o2)CC1. The minimum Gasteiger partial charge on any atom is -0.421 e. The average Bonchev–Trinajstić information content (AvgIpc) is 2.78. The van der Waals surface area contributed by atoms with Crippen molar-refractivity contribution < 1.29 is 4.42 Å². The van der Waals surface area contributed by atoms with Crippen LogP contribution in [0.2, 0.25) is 0 Å². The zero-order valence-electron chi connectivity index (χ0n) is 8.87. The number of nitrogens with zero attached hydrogens (tertiary/aromatic N) is 3. The molecule has 1 aliphatic carbocycles. The monoisotopic (exact) mass is 293 g/mol. The molecular formula is C10H10Cl3N3O. The van der Waals surface area contributed by atoms with Crippen LogP contribution in [-0.4, -0.2) is 16.2 Å². The Morgan fingerprint density at radius 1 is 1.18 bits per heavy atom. The van der Waals surface area contributed by atoms with Gasteiger partial charge in [0, 0.05) is 18.8 Å². The maximum atomic E-state index is 6.97. The fourth-order valence-electron chi connectivity index (χ4n) is 1.97. The molecular weight excluding hydrogens is 284 g/mol. The quantitative estimate of drug-likeness (QED) is 0.584. The van der Waals surface area contributed by atoms with Crippen LogP contribution in [0.4, 0.5) is 0 Å². The summed E-state index contributed by atoms with van der Waals surface area (Å²) in [4.78, 5) is 3.54. The molecule has 17 heavy (non-hydrogen) atoms. The Balaban J connectivity index is 2.05. The van der Waals surface area contributed by atoms with Gasteiger partial charge in [-0.2, -0.15) is 0 Å². The number of hydrogen-bond acceptors (Lipinski definition) is 3. The van der Waals surface area contributed by atoms with E-state index < -0.39 is 3.79 Å². The Morgan fingerprint density at radius 2 is 1.82 bits per heavy atom. The van der Waals surface area contributed by atoms with Crippen molar-refractivity contribution in [1.29, 1.82) is 0 Å². The summed E-state index contributed by atoms with van der Waals surface area (Å²) < 4.78 is 3.69. The summed E-state index contributed by atoms with van der Waals surface area (Å²) in [5, 5.41) is 7.64. The molecule has 0 amide bonds. The lowest BCUT2D eigenvalue weighted by Crippen LogP contribution is -2.14. The largest absolute Gasteiger partial charge is 0.421 e. The lowest BCUT2D eigenvalue weighted by molar-refractivity contribution is 0.345. The highest BCUT2D eigenvalue weighted by molar-refractivity contribution is 6.66. The van der Waals surface area contributed by atoms with Gasteiger partial charge in [0.15, 0.2) is 0 Å². The van der Waals surface area contributed by atoms with Gasteiger partial charge in [0.1, 0.15) is 0 Å². The zero-order chi connectivity index (χ0) is 12.5. The Hall–Kier alpha value is -0.500. The minimum atomic E-state index is -1.67. The molecule has 1 aromatic heterocycles. The Labute approximate surface area is 114 Å². The zero-order valence-corrected chi connectivity index (χ0v) is 11.1. The second-order valence-electron chi connectivity index (χ2n) is 4.08. The maximum Gasteiger partial charge on any atom is 0.268 e. The smallest absolute Gasteiger partial charge is 0.268 e. The molecule has 1 aromatic rings. The van der Waals surface area contributed by atoms with Gasteiger partial charge in [0.25, 0.3) is 9.68 Å². The van der Waals surface area contributed by atoms with Gasteiger partial charge in [0.2, 0.25) is 11.9 Å². The van der Waals surface area contributed by atoms with E-state index in [9.17, 15) is 0 Å². The third-order valence-corrected chi connectivity index (χ3v) is 3.40. The third kappa shape index (κ3) is 3.04. The van der Waals surface area contributed by atoms with E-state index in [0.717, 1.165) is 25.7 Å². The third-order valence-electron chi connectivity index (χ3n) is 2.91. The molecule has 0 aliphatic heterocycles. The van der Waals surface area contributed by atoms with Crippen LogP contribution in [0.25, 0.3) is 4.85 Å². The number of rotatable bonds is 1. The first kappa shape index (κ1) is 12.9. The molecule has 7 heteroatoms. The molecule has 0 radical (unpaired) electrons. The molecule has 4 nitrogen and oxygen atoms in total. The van der Waals surface area contributed by atoms with Crippen molar-refractivity contribution in [1.82, 2.24) is 10.2 Å². The van der Waals surface area contributed by atoms with Crippen molar-refractivity contribution >= 4 is 34.8 Å². The predicted octanol–water partition coefficient (Wildman–Crippen LogP) is 3.84. The normalized spacial score (nSPS) is 25.5. The van der Waals surface area contributed by atoms with Gasteiger partial charge in [-0.1, -0.05) is 34.8 Å². The van der Waals surface area contributed by atoms with Crippen molar-refractivity contribution in [2.45, 2.75) is 41.4 Å². The Bertz CT molecular complexity index is 427. The van der Waals surface area contributed by atoms with Gasteiger partial charge < -0.3 is 9.26 Å². The molecule has 0 bridgehead atoms. The van der Waals surface area contributed by atoms with Crippen molar-refractivity contribution in [3.63, 3.8) is 0 Å². The van der Waals surface area contributed by atoms with Crippen LogP contribution in [0.1, 0.15) is 43.4 Å². The van der Waals surface area contributed by atoms with Crippen molar-refractivity contribution in [2.24, 2.45) is 0 Å². The minimum absolute atomic E-state index is 0.00445. The summed E-state index contributed by atoms with van der Waals surface area (Å²) in [6.07, 6.45) is 3.46. The van der Waals surface area contributed by atoms with E-state index in [-0.39, 0.29) is 17.9 Å². The molecule has 0 spiro atoms. The molecule has 92 valence electrons. The van der Waals surface area contributed by atoms with E-state index >= 15 is 0 Å². The predicted molar refractivity (Wildman–Crippen MR) is 65.1 cm³/mol. The molecule has 0 N–H and O–H groups in total. The standard InChI is InChI=1S/C10H10Cl3N3O/c1-14-7-4-2-6(3-5-7)8-15-16-9(17-8)10(11,12)13/h6-7H,2-5H2. The van der Waals surface area contributed by atoms with Gasteiger partial charge in [0.05, 0.1) is 0 Å². The van der Waals surface area contributed by atoms with Crippen molar-refractivity contribution in [3.05, 3.63) is 23.2 Å². The molecule has 2 rings (SSSR count). The van der Waals surface area contributed by atoms with E-state index in [1.807, 2.05) is 0 Å². The highest BCUT2D eigenvalue weighted by Crippen LogP contribution is 2.39. The summed E-state index contributed by atoms with van der Waals surface area (Å²) in [6.45, 7) is 6.97. The topological polar surface area (TPSA) is 43.3 Å². The molecule has 1 saturated carbocycles. The molecule has 0 aromatic carbocycles. The van der Waals surface area contributed by atoms with Crippen LogP contribution >= 0.6 is 34.8 Å². The van der Waals surface area contributed by atoms with Gasteiger partial charge in [-0.15, -0.1) is 10.2 Å². The molecule has 0 unspecified atom stereocenters. The van der Waals surface area contributed by atoms with Crippen molar-refractivity contribution in [3.8, 4) is 0 Å². The van der Waals surface area contributed by atoms with Gasteiger partial charge in [-0.25, -0.2) is 6.57 Å². The average molecular weight is 295 g/mol. The van der Waals surface area contributed by atoms with E-state index in [0.29, 0.717) is 5.89 Å². The molecule has 0 saturated heterocycles. The summed E-state index contributed by atoms with van der Waals surface area (Å²) >= 11 is 17.0. The molecule has 1 fully saturated rings. The van der Waals surface area contributed by atoms with Gasteiger partial charge in [-0.3, -0.25) is 0 Å². The first-order chi connectivity index (χ1) is 8.00. The summed E-state index contributed by atoms with van der Waals surface area (Å²) in [6, 6.07) is 0.127. The summed E-state index contributed by atoms with van der Waals surface area (Å²) in [5.41, 5.74) is 0. The van der Waals surface area contributed by atoms with Crippen LogP contribution in [0.15, 0.2) is 4.42 Å². The van der Waals surface area contributed by atoms with Crippen LogP contribution in [-0.2, 0) is 3.79 Å². The van der Waals surface area contributed by atoms with Gasteiger partial charge in [-0.05, 0) is 12.8 Å².